The summed E-state index contributed by atoms with van der Waals surface area (Å²) < 4.78 is 40.7. The summed E-state index contributed by atoms with van der Waals surface area (Å²) in [6, 6.07) is 13.1. The molecule has 0 bridgehead atoms. The maximum absolute atomic E-state index is 12.3. The summed E-state index contributed by atoms with van der Waals surface area (Å²) in [6.07, 6.45) is 0.847. The molecule has 1 aliphatic heterocycles. The Kier molecular flexibility index (Phi) is 4.86. The van der Waals surface area contributed by atoms with Gasteiger partial charge in [0.05, 0.1) is 6.61 Å². The first kappa shape index (κ1) is 17.8. The molecule has 0 unspecified atom stereocenters. The van der Waals surface area contributed by atoms with Crippen molar-refractivity contribution in [2.45, 2.75) is 13.0 Å². The van der Waals surface area contributed by atoms with Crippen molar-refractivity contribution in [1.29, 1.82) is 0 Å². The Bertz CT molecular complexity index is 867. The van der Waals surface area contributed by atoms with Gasteiger partial charge in [-0.15, -0.1) is 13.2 Å². The minimum atomic E-state index is -4.72. The average molecular weight is 359 g/mol. The second kappa shape index (κ2) is 7.09. The minimum Gasteiger partial charge on any atom is -0.406 e. The van der Waals surface area contributed by atoms with Crippen molar-refractivity contribution in [3.8, 4) is 5.75 Å². The molecule has 0 spiro atoms. The van der Waals surface area contributed by atoms with Crippen LogP contribution in [0.25, 0.3) is 5.57 Å². The van der Waals surface area contributed by atoms with Crippen LogP contribution in [0.1, 0.15) is 11.1 Å². The smallest absolute Gasteiger partial charge is 0.406 e. The summed E-state index contributed by atoms with van der Waals surface area (Å²) in [5.74, 6) is -0.278. The topological polar surface area (TPSA) is 32.7 Å². The molecule has 1 N–H and O–H groups in total. The Hall–Kier alpha value is -2.99. The number of hydrogen-bond acceptors (Lipinski definition) is 3. The van der Waals surface area contributed by atoms with Gasteiger partial charge in [-0.1, -0.05) is 30.9 Å². The van der Waals surface area contributed by atoms with Crippen molar-refractivity contribution in [2.75, 3.05) is 4.90 Å². The summed E-state index contributed by atoms with van der Waals surface area (Å²) in [5.41, 5.74) is 3.94. The van der Waals surface area contributed by atoms with Crippen LogP contribution in [0.15, 0.2) is 79.2 Å². The van der Waals surface area contributed by atoms with Crippen LogP contribution in [0.2, 0.25) is 0 Å². The quantitative estimate of drug-likeness (QED) is 0.833. The van der Waals surface area contributed by atoms with Gasteiger partial charge >= 0.3 is 6.36 Å². The molecule has 0 aromatic heterocycles. The lowest BCUT2D eigenvalue weighted by atomic mass is 10.0. The van der Waals surface area contributed by atoms with E-state index in [1.807, 2.05) is 42.6 Å². The van der Waals surface area contributed by atoms with Gasteiger partial charge in [-0.05, 0) is 53.1 Å². The molecule has 2 aromatic carbocycles. The number of alkyl halides is 3. The van der Waals surface area contributed by atoms with Gasteiger partial charge < -0.3 is 14.7 Å². The molecular weight excluding hydrogens is 343 g/mol. The number of allylic oxidation sites excluding steroid dienone is 3. The van der Waals surface area contributed by atoms with Crippen LogP contribution in [0.4, 0.5) is 18.9 Å². The normalized spacial score (nSPS) is 14.4. The summed E-state index contributed by atoms with van der Waals surface area (Å²) in [6.45, 7) is 3.91. The Morgan fingerprint density at radius 1 is 1.04 bits per heavy atom. The third-order valence-corrected chi connectivity index (χ3v) is 3.82. The summed E-state index contributed by atoms with van der Waals surface area (Å²) in [4.78, 5) is 1.78. The van der Waals surface area contributed by atoms with Gasteiger partial charge in [0.1, 0.15) is 5.75 Å². The number of aliphatic hydroxyl groups excluding tert-OH is 1. The monoisotopic (exact) mass is 359 g/mol. The zero-order valence-corrected chi connectivity index (χ0v) is 13.7. The SMILES string of the molecule is C=C1C=CC(c2cccc(CO)c2)=CN1c1ccc(OC(F)(F)F)cc1. The van der Waals surface area contributed by atoms with Crippen molar-refractivity contribution in [2.24, 2.45) is 0 Å². The predicted molar refractivity (Wildman–Crippen MR) is 94.2 cm³/mol. The van der Waals surface area contributed by atoms with E-state index in [1.54, 1.807) is 4.90 Å². The molecule has 0 saturated heterocycles. The Morgan fingerprint density at radius 3 is 2.42 bits per heavy atom. The van der Waals surface area contributed by atoms with E-state index in [9.17, 15) is 18.3 Å². The number of rotatable bonds is 4. The van der Waals surface area contributed by atoms with E-state index in [4.69, 9.17) is 0 Å². The highest BCUT2D eigenvalue weighted by Gasteiger charge is 2.31. The summed E-state index contributed by atoms with van der Waals surface area (Å²) in [7, 11) is 0. The molecular formula is C20H16F3NO2. The van der Waals surface area contributed by atoms with Crippen molar-refractivity contribution in [1.82, 2.24) is 0 Å². The van der Waals surface area contributed by atoms with E-state index in [1.165, 1.54) is 24.3 Å². The van der Waals surface area contributed by atoms with Crippen molar-refractivity contribution in [3.63, 3.8) is 0 Å². The first-order valence-corrected chi connectivity index (χ1v) is 7.80. The summed E-state index contributed by atoms with van der Waals surface area (Å²) >= 11 is 0. The molecule has 0 radical (unpaired) electrons. The van der Waals surface area contributed by atoms with Gasteiger partial charge in [-0.2, -0.15) is 0 Å². The number of anilines is 1. The molecule has 2 aromatic rings. The van der Waals surface area contributed by atoms with Crippen LogP contribution in [-0.2, 0) is 6.61 Å². The maximum Gasteiger partial charge on any atom is 0.573 e. The molecule has 134 valence electrons. The highest BCUT2D eigenvalue weighted by molar-refractivity contribution is 5.81. The van der Waals surface area contributed by atoms with Gasteiger partial charge in [-0.3, -0.25) is 0 Å². The fraction of sp³-hybridized carbons (Fsp3) is 0.100. The van der Waals surface area contributed by atoms with Crippen LogP contribution in [0.3, 0.4) is 0 Å². The van der Waals surface area contributed by atoms with Crippen LogP contribution >= 0.6 is 0 Å². The van der Waals surface area contributed by atoms with Crippen LogP contribution < -0.4 is 9.64 Å². The van der Waals surface area contributed by atoms with Crippen LogP contribution in [0, 0.1) is 0 Å². The molecule has 0 aliphatic carbocycles. The zero-order valence-electron chi connectivity index (χ0n) is 13.7. The van der Waals surface area contributed by atoms with E-state index in [0.717, 1.165) is 16.7 Å². The molecule has 0 amide bonds. The van der Waals surface area contributed by atoms with Crippen LogP contribution in [-0.4, -0.2) is 11.5 Å². The van der Waals surface area contributed by atoms with E-state index in [0.29, 0.717) is 11.4 Å². The molecule has 6 heteroatoms. The molecule has 26 heavy (non-hydrogen) atoms. The highest BCUT2D eigenvalue weighted by atomic mass is 19.4. The fourth-order valence-corrected chi connectivity index (χ4v) is 2.60. The number of halogens is 3. The van der Waals surface area contributed by atoms with Crippen molar-refractivity contribution in [3.05, 3.63) is 90.3 Å². The second-order valence-corrected chi connectivity index (χ2v) is 5.68. The minimum absolute atomic E-state index is 0.0536. The van der Waals surface area contributed by atoms with Crippen molar-refractivity contribution >= 4 is 11.3 Å². The second-order valence-electron chi connectivity index (χ2n) is 5.68. The lowest BCUT2D eigenvalue weighted by molar-refractivity contribution is -0.274. The summed E-state index contributed by atoms with van der Waals surface area (Å²) in [5, 5.41) is 9.29. The first-order valence-electron chi connectivity index (χ1n) is 7.80. The fourth-order valence-electron chi connectivity index (χ4n) is 2.60. The Labute approximate surface area is 148 Å². The lowest BCUT2D eigenvalue weighted by Crippen LogP contribution is -2.18. The predicted octanol–water partition coefficient (Wildman–Crippen LogP) is 5.01. The molecule has 3 rings (SSSR count). The lowest BCUT2D eigenvalue weighted by Gasteiger charge is -2.26. The average Bonchev–Trinajstić information content (AvgIpc) is 2.62. The number of benzene rings is 2. The third-order valence-electron chi connectivity index (χ3n) is 3.82. The molecule has 0 saturated carbocycles. The van der Waals surface area contributed by atoms with Gasteiger partial charge in [0.2, 0.25) is 0 Å². The first-order chi connectivity index (χ1) is 12.4. The number of nitrogens with zero attached hydrogens (tertiary/aromatic N) is 1. The van der Waals surface area contributed by atoms with Crippen LogP contribution in [0.5, 0.6) is 5.75 Å². The Balaban J connectivity index is 1.87. The van der Waals surface area contributed by atoms with E-state index >= 15 is 0 Å². The number of ether oxygens (including phenoxy) is 1. The Morgan fingerprint density at radius 2 is 1.77 bits per heavy atom. The molecule has 0 fully saturated rings. The van der Waals surface area contributed by atoms with Gasteiger partial charge in [0.25, 0.3) is 0 Å². The van der Waals surface area contributed by atoms with E-state index in [-0.39, 0.29) is 12.4 Å². The molecule has 1 aliphatic rings. The molecule has 0 atom stereocenters. The highest BCUT2D eigenvalue weighted by Crippen LogP contribution is 2.31. The van der Waals surface area contributed by atoms with Gasteiger partial charge in [-0.25, -0.2) is 0 Å². The van der Waals surface area contributed by atoms with Crippen molar-refractivity contribution < 1.29 is 23.0 Å². The third kappa shape index (κ3) is 4.15. The van der Waals surface area contributed by atoms with Gasteiger partial charge in [0.15, 0.2) is 0 Å². The van der Waals surface area contributed by atoms with Gasteiger partial charge in [0, 0.05) is 17.6 Å². The molecule has 1 heterocycles. The zero-order chi connectivity index (χ0) is 18.7. The number of aliphatic hydroxyl groups is 1. The largest absolute Gasteiger partial charge is 0.573 e. The van der Waals surface area contributed by atoms with E-state index < -0.39 is 6.36 Å². The molecule has 3 nitrogen and oxygen atoms in total. The van der Waals surface area contributed by atoms with E-state index in [2.05, 4.69) is 11.3 Å². The maximum atomic E-state index is 12.3. The number of hydrogen-bond donors (Lipinski definition) is 1. The standard InChI is InChI=1S/C20H16F3NO2/c1-14-5-6-17(16-4-2-3-15(11-16)13-25)12-24(14)18-7-9-19(10-8-18)26-20(21,22)23/h2-12,25H,1,13H2.